The molecular weight excluding hydrogens is 146 g/mol. The van der Waals surface area contributed by atoms with E-state index in [1.54, 1.807) is 0 Å². The predicted octanol–water partition coefficient (Wildman–Crippen LogP) is 2.62. The lowest BCUT2D eigenvalue weighted by atomic mass is 9.93. The Kier molecular flexibility index (Phi) is 3.04. The number of likely N-dealkylation sites (tertiary alicyclic amines) is 1. The Morgan fingerprint density at radius 3 is 2.42 bits per heavy atom. The highest BCUT2D eigenvalue weighted by molar-refractivity contribution is 4.89. The van der Waals surface area contributed by atoms with Crippen LogP contribution in [0.2, 0.25) is 0 Å². The molecule has 2 aliphatic rings. The van der Waals surface area contributed by atoms with E-state index in [9.17, 15) is 0 Å². The molecule has 1 aliphatic heterocycles. The highest BCUT2D eigenvalue weighted by Crippen LogP contribution is 2.24. The van der Waals surface area contributed by atoms with Gasteiger partial charge in [0.15, 0.2) is 0 Å². The van der Waals surface area contributed by atoms with E-state index in [1.807, 2.05) is 0 Å². The Labute approximate surface area is 76.1 Å². The second-order valence-corrected chi connectivity index (χ2v) is 4.18. The van der Waals surface area contributed by atoms with Crippen molar-refractivity contribution in [1.82, 2.24) is 4.90 Å². The lowest BCUT2D eigenvalue weighted by Gasteiger charge is -2.36. The molecule has 1 heteroatoms. The van der Waals surface area contributed by atoms with Crippen LogP contribution in [0.15, 0.2) is 0 Å². The van der Waals surface area contributed by atoms with Crippen molar-refractivity contribution in [3.63, 3.8) is 0 Å². The van der Waals surface area contributed by atoms with Crippen LogP contribution < -0.4 is 0 Å². The van der Waals surface area contributed by atoms with Gasteiger partial charge in [-0.3, -0.25) is 0 Å². The lowest BCUT2D eigenvalue weighted by molar-refractivity contribution is 0.160. The van der Waals surface area contributed by atoms with Crippen molar-refractivity contribution in [3.05, 3.63) is 6.42 Å². The second kappa shape index (κ2) is 4.27. The second-order valence-electron chi connectivity index (χ2n) is 4.18. The minimum absolute atomic E-state index is 0.846. The number of piperidine rings is 1. The number of hydrogen-bond donors (Lipinski definition) is 0. The van der Waals surface area contributed by atoms with Crippen molar-refractivity contribution in [2.75, 3.05) is 13.1 Å². The molecule has 1 radical (unpaired) electrons. The quantitative estimate of drug-likeness (QED) is 0.579. The van der Waals surface area contributed by atoms with Crippen LogP contribution in [0, 0.1) is 6.42 Å². The van der Waals surface area contributed by atoms with E-state index in [4.69, 9.17) is 0 Å². The van der Waals surface area contributed by atoms with Crippen molar-refractivity contribution in [2.24, 2.45) is 0 Å². The largest absolute Gasteiger partial charge is 0.300 e. The molecule has 0 bridgehead atoms. The van der Waals surface area contributed by atoms with Crippen LogP contribution in [0.1, 0.15) is 44.9 Å². The third kappa shape index (κ3) is 2.01. The SMILES string of the molecule is [CH]1CCCCC1N1CCCCC1. The van der Waals surface area contributed by atoms with Gasteiger partial charge in [-0.25, -0.2) is 0 Å². The van der Waals surface area contributed by atoms with Crippen LogP contribution in [0.3, 0.4) is 0 Å². The van der Waals surface area contributed by atoms with E-state index in [0.717, 1.165) is 6.04 Å². The van der Waals surface area contributed by atoms with Crippen molar-refractivity contribution < 1.29 is 0 Å². The summed E-state index contributed by atoms with van der Waals surface area (Å²) in [6, 6.07) is 0.846. The first-order chi connectivity index (χ1) is 5.97. The molecular formula is C11H20N. The zero-order valence-electron chi connectivity index (χ0n) is 7.97. The Morgan fingerprint density at radius 1 is 0.917 bits per heavy atom. The van der Waals surface area contributed by atoms with Gasteiger partial charge in [0.05, 0.1) is 0 Å². The third-order valence-electron chi connectivity index (χ3n) is 3.25. The molecule has 12 heavy (non-hydrogen) atoms. The van der Waals surface area contributed by atoms with Crippen molar-refractivity contribution in [1.29, 1.82) is 0 Å². The first kappa shape index (κ1) is 8.55. The van der Waals surface area contributed by atoms with E-state index >= 15 is 0 Å². The monoisotopic (exact) mass is 166 g/mol. The van der Waals surface area contributed by atoms with Crippen LogP contribution in [0.5, 0.6) is 0 Å². The summed E-state index contributed by atoms with van der Waals surface area (Å²) >= 11 is 0. The molecule has 1 heterocycles. The van der Waals surface area contributed by atoms with E-state index in [0.29, 0.717) is 0 Å². The van der Waals surface area contributed by atoms with Crippen molar-refractivity contribution >= 4 is 0 Å². The van der Waals surface area contributed by atoms with E-state index in [-0.39, 0.29) is 0 Å². The predicted molar refractivity (Wildman–Crippen MR) is 52.0 cm³/mol. The van der Waals surface area contributed by atoms with Gasteiger partial charge in [0.1, 0.15) is 0 Å². The molecule has 2 rings (SSSR count). The van der Waals surface area contributed by atoms with Gasteiger partial charge in [0.25, 0.3) is 0 Å². The van der Waals surface area contributed by atoms with Crippen LogP contribution in [-0.2, 0) is 0 Å². The molecule has 0 aromatic carbocycles. The molecule has 1 saturated carbocycles. The van der Waals surface area contributed by atoms with Gasteiger partial charge < -0.3 is 4.90 Å². The van der Waals surface area contributed by atoms with Gasteiger partial charge in [0, 0.05) is 6.04 Å². The average molecular weight is 166 g/mol. The van der Waals surface area contributed by atoms with Crippen LogP contribution in [0.4, 0.5) is 0 Å². The molecule has 1 atom stereocenters. The first-order valence-corrected chi connectivity index (χ1v) is 5.54. The summed E-state index contributed by atoms with van der Waals surface area (Å²) < 4.78 is 0. The summed E-state index contributed by atoms with van der Waals surface area (Å²) in [5, 5.41) is 0. The van der Waals surface area contributed by atoms with Crippen LogP contribution >= 0.6 is 0 Å². The van der Waals surface area contributed by atoms with E-state index in [2.05, 4.69) is 11.3 Å². The van der Waals surface area contributed by atoms with Crippen LogP contribution in [-0.4, -0.2) is 24.0 Å². The van der Waals surface area contributed by atoms with Crippen molar-refractivity contribution in [2.45, 2.75) is 51.0 Å². The van der Waals surface area contributed by atoms with Gasteiger partial charge in [-0.1, -0.05) is 19.3 Å². The normalized spacial score (nSPS) is 29.0. The van der Waals surface area contributed by atoms with Gasteiger partial charge in [-0.2, -0.15) is 0 Å². The molecule has 1 aliphatic carbocycles. The first-order valence-electron chi connectivity index (χ1n) is 5.54. The minimum Gasteiger partial charge on any atom is -0.300 e. The molecule has 2 fully saturated rings. The number of hydrogen-bond acceptors (Lipinski definition) is 1. The minimum atomic E-state index is 0.846. The van der Waals surface area contributed by atoms with Gasteiger partial charge in [-0.15, -0.1) is 0 Å². The summed E-state index contributed by atoms with van der Waals surface area (Å²) in [6.07, 6.45) is 12.6. The molecule has 1 saturated heterocycles. The fourth-order valence-corrected chi connectivity index (χ4v) is 2.51. The van der Waals surface area contributed by atoms with Crippen molar-refractivity contribution in [3.8, 4) is 0 Å². The van der Waals surface area contributed by atoms with E-state index < -0.39 is 0 Å². The Balaban J connectivity index is 1.80. The average Bonchev–Trinajstić information content (AvgIpc) is 2.21. The molecule has 1 nitrogen and oxygen atoms in total. The Hall–Kier alpha value is -0.0400. The summed E-state index contributed by atoms with van der Waals surface area (Å²) in [7, 11) is 0. The Morgan fingerprint density at radius 2 is 1.75 bits per heavy atom. The zero-order chi connectivity index (χ0) is 8.23. The standard InChI is InChI=1S/C11H20N/c1-3-7-11(8-4-1)12-9-5-2-6-10-12/h7,11H,1-6,8-10H2. The molecule has 0 aromatic rings. The van der Waals surface area contributed by atoms with Crippen LogP contribution in [0.25, 0.3) is 0 Å². The van der Waals surface area contributed by atoms with Gasteiger partial charge in [0.2, 0.25) is 0 Å². The summed E-state index contributed by atoms with van der Waals surface area (Å²) in [5.74, 6) is 0. The third-order valence-corrected chi connectivity index (χ3v) is 3.25. The molecule has 0 spiro atoms. The van der Waals surface area contributed by atoms with E-state index in [1.165, 1.54) is 58.0 Å². The number of nitrogens with zero attached hydrogens (tertiary/aromatic N) is 1. The molecule has 0 amide bonds. The summed E-state index contributed by atoms with van der Waals surface area (Å²) in [5.41, 5.74) is 0. The fraction of sp³-hybridized carbons (Fsp3) is 0.909. The van der Waals surface area contributed by atoms with Gasteiger partial charge in [-0.05, 0) is 45.2 Å². The topological polar surface area (TPSA) is 3.24 Å². The summed E-state index contributed by atoms with van der Waals surface area (Å²) in [6.45, 7) is 2.72. The molecule has 0 N–H and O–H groups in total. The highest BCUT2D eigenvalue weighted by Gasteiger charge is 2.22. The maximum absolute atomic E-state index is 2.70. The Bertz CT molecular complexity index is 105. The zero-order valence-corrected chi connectivity index (χ0v) is 7.97. The highest BCUT2D eigenvalue weighted by atomic mass is 15.2. The fourth-order valence-electron chi connectivity index (χ4n) is 2.51. The lowest BCUT2D eigenvalue weighted by Crippen LogP contribution is -2.40. The maximum atomic E-state index is 2.70. The maximum Gasteiger partial charge on any atom is 0.0127 e. The van der Waals surface area contributed by atoms with Gasteiger partial charge >= 0.3 is 0 Å². The summed E-state index contributed by atoms with van der Waals surface area (Å²) in [4.78, 5) is 2.70. The smallest absolute Gasteiger partial charge is 0.0127 e. The molecule has 0 aromatic heterocycles. The molecule has 69 valence electrons. The number of rotatable bonds is 1. The molecule has 1 unspecified atom stereocenters.